The van der Waals surface area contributed by atoms with Gasteiger partial charge in [-0.1, -0.05) is 17.7 Å². The minimum absolute atomic E-state index is 0.0920. The van der Waals surface area contributed by atoms with Gasteiger partial charge in [0.15, 0.2) is 0 Å². The Morgan fingerprint density at radius 1 is 1.58 bits per heavy atom. The SMILES string of the molecule is O=C(/C=C/c1c(F)cccc1Cl)NCC1CCCO1. The van der Waals surface area contributed by atoms with E-state index in [2.05, 4.69) is 5.32 Å². The summed E-state index contributed by atoms with van der Waals surface area (Å²) in [6.45, 7) is 1.23. The molecular weight excluding hydrogens is 269 g/mol. The first kappa shape index (κ1) is 14.0. The monoisotopic (exact) mass is 283 g/mol. The van der Waals surface area contributed by atoms with E-state index in [1.165, 1.54) is 24.3 Å². The van der Waals surface area contributed by atoms with Crippen molar-refractivity contribution >= 4 is 23.6 Å². The smallest absolute Gasteiger partial charge is 0.244 e. The molecule has 1 fully saturated rings. The summed E-state index contributed by atoms with van der Waals surface area (Å²) in [6.07, 6.45) is 4.74. The molecule has 1 N–H and O–H groups in total. The van der Waals surface area contributed by atoms with E-state index < -0.39 is 5.82 Å². The molecule has 1 atom stereocenters. The van der Waals surface area contributed by atoms with Gasteiger partial charge in [-0.25, -0.2) is 4.39 Å². The number of halogens is 2. The maximum absolute atomic E-state index is 13.4. The van der Waals surface area contributed by atoms with Crippen molar-refractivity contribution in [2.45, 2.75) is 18.9 Å². The van der Waals surface area contributed by atoms with Crippen LogP contribution in [0.3, 0.4) is 0 Å². The summed E-state index contributed by atoms with van der Waals surface area (Å²) >= 11 is 5.85. The summed E-state index contributed by atoms with van der Waals surface area (Å²) in [4.78, 5) is 11.6. The second-order valence-electron chi connectivity index (χ2n) is 4.35. The molecule has 1 unspecified atom stereocenters. The lowest BCUT2D eigenvalue weighted by molar-refractivity contribution is -0.116. The number of benzene rings is 1. The molecule has 1 aromatic carbocycles. The highest BCUT2D eigenvalue weighted by atomic mass is 35.5. The largest absolute Gasteiger partial charge is 0.376 e. The van der Waals surface area contributed by atoms with Crippen molar-refractivity contribution in [3.05, 3.63) is 40.7 Å². The summed E-state index contributed by atoms with van der Waals surface area (Å²) in [5.41, 5.74) is 0.219. The Balaban J connectivity index is 1.88. The third-order valence-corrected chi connectivity index (χ3v) is 3.26. The Hall–Kier alpha value is -1.39. The van der Waals surface area contributed by atoms with Gasteiger partial charge < -0.3 is 10.1 Å². The van der Waals surface area contributed by atoms with Crippen molar-refractivity contribution in [1.82, 2.24) is 5.32 Å². The molecule has 1 amide bonds. The van der Waals surface area contributed by atoms with Crippen molar-refractivity contribution in [3.63, 3.8) is 0 Å². The maximum atomic E-state index is 13.4. The van der Waals surface area contributed by atoms with Crippen LogP contribution in [0.2, 0.25) is 5.02 Å². The second-order valence-corrected chi connectivity index (χ2v) is 4.76. The van der Waals surface area contributed by atoms with Crippen molar-refractivity contribution in [2.24, 2.45) is 0 Å². The molecule has 5 heteroatoms. The average molecular weight is 284 g/mol. The number of hydrogen-bond donors (Lipinski definition) is 1. The zero-order chi connectivity index (χ0) is 13.7. The summed E-state index contributed by atoms with van der Waals surface area (Å²) < 4.78 is 18.8. The molecule has 3 nitrogen and oxygen atoms in total. The lowest BCUT2D eigenvalue weighted by atomic mass is 10.2. The van der Waals surface area contributed by atoms with Crippen molar-refractivity contribution < 1.29 is 13.9 Å². The molecule has 1 aromatic rings. The number of nitrogens with one attached hydrogen (secondary N) is 1. The number of ether oxygens (including phenoxy) is 1. The molecule has 1 aliphatic heterocycles. The molecule has 0 bridgehead atoms. The zero-order valence-electron chi connectivity index (χ0n) is 10.4. The number of rotatable bonds is 4. The first-order chi connectivity index (χ1) is 9.16. The van der Waals surface area contributed by atoms with Crippen LogP contribution in [0.15, 0.2) is 24.3 Å². The van der Waals surface area contributed by atoms with Crippen molar-refractivity contribution in [2.75, 3.05) is 13.2 Å². The molecule has 0 spiro atoms. The van der Waals surface area contributed by atoms with E-state index in [1.807, 2.05) is 0 Å². The summed E-state index contributed by atoms with van der Waals surface area (Å²) in [5.74, 6) is -0.731. The van der Waals surface area contributed by atoms with Gasteiger partial charge in [0.2, 0.25) is 5.91 Å². The summed E-state index contributed by atoms with van der Waals surface area (Å²) in [7, 11) is 0. The van der Waals surface area contributed by atoms with Crippen LogP contribution in [0.1, 0.15) is 18.4 Å². The normalized spacial score (nSPS) is 18.9. The highest BCUT2D eigenvalue weighted by Crippen LogP contribution is 2.20. The van der Waals surface area contributed by atoms with Crippen molar-refractivity contribution in [1.29, 1.82) is 0 Å². The molecule has 1 saturated heterocycles. The van der Waals surface area contributed by atoms with Crippen LogP contribution in [0.25, 0.3) is 6.08 Å². The second kappa shape index (κ2) is 6.68. The molecule has 0 saturated carbocycles. The molecule has 0 aromatic heterocycles. The van der Waals surface area contributed by atoms with Gasteiger partial charge in [-0.2, -0.15) is 0 Å². The van der Waals surface area contributed by atoms with E-state index in [4.69, 9.17) is 16.3 Å². The zero-order valence-corrected chi connectivity index (χ0v) is 11.1. The van der Waals surface area contributed by atoms with Gasteiger partial charge in [-0.05, 0) is 31.1 Å². The molecule has 1 aliphatic rings. The van der Waals surface area contributed by atoms with E-state index in [0.29, 0.717) is 6.54 Å². The molecule has 1 heterocycles. The fourth-order valence-corrected chi connectivity index (χ4v) is 2.13. The van der Waals surface area contributed by atoms with Gasteiger partial charge in [0.05, 0.1) is 11.1 Å². The Bertz CT molecular complexity index is 464. The van der Waals surface area contributed by atoms with Gasteiger partial charge in [-0.15, -0.1) is 0 Å². The number of carbonyl (C=O) groups is 1. The highest BCUT2D eigenvalue weighted by molar-refractivity contribution is 6.32. The van der Waals surface area contributed by atoms with Crippen LogP contribution in [-0.2, 0) is 9.53 Å². The lowest BCUT2D eigenvalue weighted by Crippen LogP contribution is -2.30. The van der Waals surface area contributed by atoms with Gasteiger partial charge >= 0.3 is 0 Å². The molecule has 2 rings (SSSR count). The molecule has 0 aliphatic carbocycles. The maximum Gasteiger partial charge on any atom is 0.244 e. The van der Waals surface area contributed by atoms with Crippen LogP contribution >= 0.6 is 11.6 Å². The van der Waals surface area contributed by atoms with Gasteiger partial charge in [0, 0.05) is 24.8 Å². The summed E-state index contributed by atoms with van der Waals surface area (Å²) in [5, 5.41) is 3.00. The Morgan fingerprint density at radius 3 is 3.11 bits per heavy atom. The summed E-state index contributed by atoms with van der Waals surface area (Å²) in [6, 6.07) is 4.40. The Kier molecular flexibility index (Phi) is 4.93. The standard InChI is InChI=1S/C14H15ClFNO2/c15-12-4-1-5-13(16)11(12)6-7-14(18)17-9-10-3-2-8-19-10/h1,4-7,10H,2-3,8-9H2,(H,17,18)/b7-6+. The van der Waals surface area contributed by atoms with E-state index in [-0.39, 0.29) is 22.6 Å². The number of amides is 1. The van der Waals surface area contributed by atoms with E-state index in [1.54, 1.807) is 6.07 Å². The predicted molar refractivity (Wildman–Crippen MR) is 72.4 cm³/mol. The van der Waals surface area contributed by atoms with Crippen molar-refractivity contribution in [3.8, 4) is 0 Å². The fourth-order valence-electron chi connectivity index (χ4n) is 1.91. The quantitative estimate of drug-likeness (QED) is 0.863. The minimum Gasteiger partial charge on any atom is -0.376 e. The Labute approximate surface area is 116 Å². The van der Waals surface area contributed by atoms with Gasteiger partial charge in [0.1, 0.15) is 5.82 Å². The van der Waals surface area contributed by atoms with Crippen LogP contribution in [0, 0.1) is 5.82 Å². The first-order valence-electron chi connectivity index (χ1n) is 6.18. The minimum atomic E-state index is -0.448. The van der Waals surface area contributed by atoms with Crippen LogP contribution in [0.5, 0.6) is 0 Å². The average Bonchev–Trinajstić information content (AvgIpc) is 2.89. The van der Waals surface area contributed by atoms with E-state index in [9.17, 15) is 9.18 Å². The van der Waals surface area contributed by atoms with E-state index in [0.717, 1.165) is 19.4 Å². The van der Waals surface area contributed by atoms with Crippen LogP contribution in [0.4, 0.5) is 4.39 Å². The lowest BCUT2D eigenvalue weighted by Gasteiger charge is -2.08. The fraction of sp³-hybridized carbons (Fsp3) is 0.357. The first-order valence-corrected chi connectivity index (χ1v) is 6.56. The van der Waals surface area contributed by atoms with Gasteiger partial charge in [0.25, 0.3) is 0 Å². The topological polar surface area (TPSA) is 38.3 Å². The number of hydrogen-bond acceptors (Lipinski definition) is 2. The third-order valence-electron chi connectivity index (χ3n) is 2.93. The molecule has 19 heavy (non-hydrogen) atoms. The third kappa shape index (κ3) is 4.04. The molecule has 102 valence electrons. The van der Waals surface area contributed by atoms with Gasteiger partial charge in [-0.3, -0.25) is 4.79 Å². The molecular formula is C14H15ClFNO2. The predicted octanol–water partition coefficient (Wildman–Crippen LogP) is 2.79. The van der Waals surface area contributed by atoms with Crippen LogP contribution < -0.4 is 5.32 Å². The highest BCUT2D eigenvalue weighted by Gasteiger charge is 2.15. The Morgan fingerprint density at radius 2 is 2.42 bits per heavy atom. The van der Waals surface area contributed by atoms with E-state index >= 15 is 0 Å². The van der Waals surface area contributed by atoms with Crippen LogP contribution in [-0.4, -0.2) is 25.2 Å². The number of carbonyl (C=O) groups excluding carboxylic acids is 1. The molecule has 0 radical (unpaired) electrons.